The number of benzene rings is 1. The molecule has 0 amide bonds. The van der Waals surface area contributed by atoms with Gasteiger partial charge in [0.05, 0.1) is 7.11 Å². The zero-order chi connectivity index (χ0) is 26.8. The molecule has 0 aromatic heterocycles. The number of phenols is 1. The average Bonchev–Trinajstić information content (AvgIpc) is 2.75. The van der Waals surface area contributed by atoms with Crippen LogP contribution in [-0.4, -0.2) is 25.4 Å². The SMILES string of the molecule is C=CC/C(C)=C/[C@H](O)c1cc(OC)c(C/C(C)=C\CCC#C[Si](C(C)C)(C(C)C)C(C)C)cc1O. The van der Waals surface area contributed by atoms with Gasteiger partial charge in [-0.1, -0.05) is 70.9 Å². The van der Waals surface area contributed by atoms with E-state index in [9.17, 15) is 10.2 Å². The molecule has 0 radical (unpaired) electrons. The Labute approximate surface area is 216 Å². The number of rotatable bonds is 12. The van der Waals surface area contributed by atoms with Crippen LogP contribution in [0.5, 0.6) is 11.5 Å². The maximum Gasteiger partial charge on any atom is 0.145 e. The van der Waals surface area contributed by atoms with Crippen molar-refractivity contribution >= 4 is 8.07 Å². The molecule has 0 heterocycles. The Morgan fingerprint density at radius 1 is 1.06 bits per heavy atom. The number of aliphatic hydroxyl groups is 1. The molecule has 0 bridgehead atoms. The van der Waals surface area contributed by atoms with Gasteiger partial charge in [0.15, 0.2) is 0 Å². The van der Waals surface area contributed by atoms with Gasteiger partial charge >= 0.3 is 0 Å². The molecule has 0 aliphatic carbocycles. The highest BCUT2D eigenvalue weighted by atomic mass is 28.3. The maximum absolute atomic E-state index is 10.6. The Balaban J connectivity index is 2.98. The highest BCUT2D eigenvalue weighted by molar-refractivity contribution is 6.90. The number of aliphatic hydroxyl groups excluding tert-OH is 1. The van der Waals surface area contributed by atoms with E-state index in [0.717, 1.165) is 24.0 Å². The van der Waals surface area contributed by atoms with Crippen LogP contribution in [0.1, 0.15) is 91.9 Å². The molecule has 0 saturated heterocycles. The summed E-state index contributed by atoms with van der Waals surface area (Å²) in [7, 11) is -0.0511. The number of allylic oxidation sites excluding steroid dienone is 4. The molecule has 3 nitrogen and oxygen atoms in total. The van der Waals surface area contributed by atoms with E-state index in [4.69, 9.17) is 4.74 Å². The smallest absolute Gasteiger partial charge is 0.145 e. The second kappa shape index (κ2) is 14.4. The van der Waals surface area contributed by atoms with Gasteiger partial charge in [-0.05, 0) is 61.9 Å². The van der Waals surface area contributed by atoms with Crippen molar-refractivity contribution in [1.82, 2.24) is 0 Å². The van der Waals surface area contributed by atoms with Crippen LogP contribution < -0.4 is 4.74 Å². The first kappa shape index (κ1) is 30.8. The van der Waals surface area contributed by atoms with E-state index in [-0.39, 0.29) is 5.75 Å². The first-order chi connectivity index (χ1) is 16.4. The highest BCUT2D eigenvalue weighted by Crippen LogP contribution is 2.40. The lowest BCUT2D eigenvalue weighted by Crippen LogP contribution is -2.43. The van der Waals surface area contributed by atoms with Crippen molar-refractivity contribution < 1.29 is 14.9 Å². The third-order valence-electron chi connectivity index (χ3n) is 7.06. The molecule has 0 saturated carbocycles. The Morgan fingerprint density at radius 2 is 1.66 bits per heavy atom. The van der Waals surface area contributed by atoms with Crippen LogP contribution in [0.3, 0.4) is 0 Å². The minimum atomic E-state index is -1.67. The molecule has 4 heteroatoms. The third-order valence-corrected chi connectivity index (χ3v) is 13.4. The van der Waals surface area contributed by atoms with E-state index in [1.54, 1.807) is 31.4 Å². The lowest BCUT2D eigenvalue weighted by atomic mass is 9.98. The van der Waals surface area contributed by atoms with Gasteiger partial charge in [0, 0.05) is 17.5 Å². The first-order valence-corrected chi connectivity index (χ1v) is 15.1. The summed E-state index contributed by atoms with van der Waals surface area (Å²) in [5, 5.41) is 21.2. The molecule has 194 valence electrons. The molecule has 0 aliphatic heterocycles. The van der Waals surface area contributed by atoms with Crippen LogP contribution in [0.15, 0.2) is 48.1 Å². The summed E-state index contributed by atoms with van der Waals surface area (Å²) in [6, 6.07) is 3.44. The number of methoxy groups -OCH3 is 1. The second-order valence-corrected chi connectivity index (χ2v) is 16.2. The van der Waals surface area contributed by atoms with E-state index in [1.807, 2.05) is 6.92 Å². The van der Waals surface area contributed by atoms with Crippen LogP contribution in [0.25, 0.3) is 0 Å². The van der Waals surface area contributed by atoms with E-state index in [2.05, 4.69) is 72.6 Å². The molecular weight excluding hydrogens is 448 g/mol. The molecule has 1 rings (SSSR count). The summed E-state index contributed by atoms with van der Waals surface area (Å²) >= 11 is 0. The molecule has 0 unspecified atom stereocenters. The topological polar surface area (TPSA) is 49.7 Å². The molecule has 1 aromatic carbocycles. The van der Waals surface area contributed by atoms with Gasteiger partial charge in [-0.2, -0.15) is 0 Å². The van der Waals surface area contributed by atoms with Crippen molar-refractivity contribution in [2.45, 2.75) is 104 Å². The Hall–Kier alpha value is -2.22. The predicted octanol–water partition coefficient (Wildman–Crippen LogP) is 8.45. The molecule has 0 aliphatic rings. The zero-order valence-electron chi connectivity index (χ0n) is 23.5. The molecule has 1 aromatic rings. The summed E-state index contributed by atoms with van der Waals surface area (Å²) in [5.74, 6) is 4.27. The number of unbranched alkanes of at least 4 members (excludes halogenated alkanes) is 1. The molecule has 1 atom stereocenters. The molecule has 35 heavy (non-hydrogen) atoms. The van der Waals surface area contributed by atoms with Crippen LogP contribution in [0.4, 0.5) is 0 Å². The molecular formula is C31H48O3Si. The number of aromatic hydroxyl groups is 1. The number of ether oxygens (including phenoxy) is 1. The summed E-state index contributed by atoms with van der Waals surface area (Å²) in [6.07, 6.45) is 8.01. The quantitative estimate of drug-likeness (QED) is 0.132. The zero-order valence-corrected chi connectivity index (χ0v) is 24.5. The van der Waals surface area contributed by atoms with E-state index in [0.29, 0.717) is 40.8 Å². The van der Waals surface area contributed by atoms with Gasteiger partial charge in [0.2, 0.25) is 0 Å². The van der Waals surface area contributed by atoms with Gasteiger partial charge in [0.25, 0.3) is 0 Å². The van der Waals surface area contributed by atoms with Crippen molar-refractivity contribution in [3.05, 3.63) is 59.2 Å². The molecule has 0 fully saturated rings. The van der Waals surface area contributed by atoms with Crippen LogP contribution >= 0.6 is 0 Å². The van der Waals surface area contributed by atoms with Gasteiger partial charge in [-0.15, -0.1) is 18.0 Å². The van der Waals surface area contributed by atoms with Gasteiger partial charge in [-0.25, -0.2) is 0 Å². The minimum Gasteiger partial charge on any atom is -0.508 e. The summed E-state index contributed by atoms with van der Waals surface area (Å²) < 4.78 is 5.59. The van der Waals surface area contributed by atoms with E-state index >= 15 is 0 Å². The summed E-state index contributed by atoms with van der Waals surface area (Å²) in [6.45, 7) is 21.8. The standard InChI is InChI=1S/C31H48O3Si/c1-11-15-25(8)19-29(32)28-21-31(34-10)27(20-30(28)33)18-26(9)16-13-12-14-17-35(22(2)3,23(4)5)24(6)7/h11,16,19-24,29,32-33H,1,12-13,15,18H2,2-10H3/b25-19+,26-16-/t29-/m0/s1. The van der Waals surface area contributed by atoms with Crippen molar-refractivity contribution in [1.29, 1.82) is 0 Å². The monoisotopic (exact) mass is 496 g/mol. The fourth-order valence-electron chi connectivity index (χ4n) is 5.26. The van der Waals surface area contributed by atoms with Crippen molar-refractivity contribution in [2.24, 2.45) is 0 Å². The third kappa shape index (κ3) is 8.44. The van der Waals surface area contributed by atoms with Crippen molar-refractivity contribution in [3.63, 3.8) is 0 Å². The lowest BCUT2D eigenvalue weighted by Gasteiger charge is -2.38. The Kier molecular flexibility index (Phi) is 12.6. The summed E-state index contributed by atoms with van der Waals surface area (Å²) in [4.78, 5) is 0. The Bertz CT molecular complexity index is 936. The van der Waals surface area contributed by atoms with Gasteiger partial charge < -0.3 is 14.9 Å². The van der Waals surface area contributed by atoms with Crippen molar-refractivity contribution in [3.8, 4) is 23.0 Å². The normalized spacial score (nSPS) is 13.7. The van der Waals surface area contributed by atoms with Crippen LogP contribution in [0, 0.1) is 11.5 Å². The lowest BCUT2D eigenvalue weighted by molar-refractivity contribution is 0.222. The van der Waals surface area contributed by atoms with Crippen LogP contribution in [0.2, 0.25) is 16.6 Å². The van der Waals surface area contributed by atoms with E-state index < -0.39 is 14.2 Å². The number of hydrogen-bond acceptors (Lipinski definition) is 3. The predicted molar refractivity (Wildman–Crippen MR) is 154 cm³/mol. The van der Waals surface area contributed by atoms with Crippen molar-refractivity contribution in [2.75, 3.05) is 7.11 Å². The minimum absolute atomic E-state index is 0.0759. The maximum atomic E-state index is 10.6. The highest BCUT2D eigenvalue weighted by Gasteiger charge is 2.41. The van der Waals surface area contributed by atoms with Gasteiger partial charge in [0.1, 0.15) is 25.7 Å². The Morgan fingerprint density at radius 3 is 2.17 bits per heavy atom. The van der Waals surface area contributed by atoms with Gasteiger partial charge in [-0.3, -0.25) is 0 Å². The molecule has 0 spiro atoms. The fraction of sp³-hybridized carbons (Fsp3) is 0.548. The molecule has 2 N–H and O–H groups in total. The summed E-state index contributed by atoms with van der Waals surface area (Å²) in [5.41, 5.74) is 9.28. The first-order valence-electron chi connectivity index (χ1n) is 12.9. The largest absolute Gasteiger partial charge is 0.508 e. The second-order valence-electron chi connectivity index (χ2n) is 10.6. The number of phenolic OH excluding ortho intramolecular Hbond substituents is 1. The van der Waals surface area contributed by atoms with Crippen LogP contribution in [-0.2, 0) is 6.42 Å². The average molecular weight is 497 g/mol. The van der Waals surface area contributed by atoms with E-state index in [1.165, 1.54) is 5.57 Å². The number of hydrogen-bond donors (Lipinski definition) is 2. The fourth-order valence-corrected chi connectivity index (χ4v) is 10.6.